The van der Waals surface area contributed by atoms with Gasteiger partial charge in [0.1, 0.15) is 5.82 Å². The van der Waals surface area contributed by atoms with Crippen molar-refractivity contribution in [3.05, 3.63) is 58.8 Å². The summed E-state index contributed by atoms with van der Waals surface area (Å²) >= 11 is 6.76. The van der Waals surface area contributed by atoms with Crippen LogP contribution in [0, 0.1) is 11.3 Å². The van der Waals surface area contributed by atoms with Gasteiger partial charge in [-0.2, -0.15) is 5.26 Å². The fourth-order valence-corrected chi connectivity index (χ4v) is 3.90. The van der Waals surface area contributed by atoms with E-state index in [4.69, 9.17) is 16.9 Å². The molecule has 108 valence electrons. The molecule has 4 heteroatoms. The van der Waals surface area contributed by atoms with Gasteiger partial charge in [0.15, 0.2) is 0 Å². The molecule has 4 rings (SSSR count). The van der Waals surface area contributed by atoms with Crippen LogP contribution in [0.2, 0.25) is 5.02 Å². The van der Waals surface area contributed by atoms with Crippen LogP contribution in [0.3, 0.4) is 0 Å². The lowest BCUT2D eigenvalue weighted by Gasteiger charge is -2.24. The van der Waals surface area contributed by atoms with Gasteiger partial charge in [-0.1, -0.05) is 35.9 Å². The van der Waals surface area contributed by atoms with Crippen molar-refractivity contribution in [3.8, 4) is 17.2 Å². The molecule has 1 aliphatic heterocycles. The highest BCUT2D eigenvalue weighted by Crippen LogP contribution is 2.49. The number of nitriles is 1. The van der Waals surface area contributed by atoms with E-state index in [0.29, 0.717) is 5.56 Å². The number of nitrogens with zero attached hydrogens (tertiary/aromatic N) is 2. The highest BCUT2D eigenvalue weighted by molar-refractivity contribution is 6.34. The van der Waals surface area contributed by atoms with Gasteiger partial charge in [0, 0.05) is 29.3 Å². The first-order valence-corrected chi connectivity index (χ1v) is 7.70. The average molecular weight is 308 g/mol. The Kier molecular flexibility index (Phi) is 2.95. The Morgan fingerprint density at radius 1 is 1.27 bits per heavy atom. The second-order valence-electron chi connectivity index (χ2n) is 5.92. The average Bonchev–Trinajstić information content (AvgIpc) is 3.17. The monoisotopic (exact) mass is 307 g/mol. The highest BCUT2D eigenvalue weighted by atomic mass is 35.5. The van der Waals surface area contributed by atoms with Crippen LogP contribution in [0.15, 0.2) is 42.6 Å². The third kappa shape index (κ3) is 1.84. The van der Waals surface area contributed by atoms with Gasteiger partial charge < -0.3 is 5.32 Å². The Labute approximate surface area is 134 Å². The molecule has 0 atom stereocenters. The minimum absolute atomic E-state index is 0.0439. The molecule has 0 bridgehead atoms. The largest absolute Gasteiger partial charge is 0.369 e. The first kappa shape index (κ1) is 13.4. The van der Waals surface area contributed by atoms with Crippen LogP contribution in [0.5, 0.6) is 0 Å². The number of hydrogen-bond donors (Lipinski definition) is 1. The van der Waals surface area contributed by atoms with Gasteiger partial charge >= 0.3 is 0 Å². The Balaban J connectivity index is 1.88. The molecule has 0 saturated heterocycles. The number of rotatable bonds is 1. The third-order valence-corrected chi connectivity index (χ3v) is 5.02. The zero-order valence-electron chi connectivity index (χ0n) is 11.9. The highest BCUT2D eigenvalue weighted by Gasteiger charge is 2.42. The number of anilines is 1. The number of aromatic nitrogens is 1. The summed E-state index contributed by atoms with van der Waals surface area (Å²) in [6.07, 6.45) is 8.23. The second kappa shape index (κ2) is 4.86. The van der Waals surface area contributed by atoms with Crippen LogP contribution >= 0.6 is 11.6 Å². The van der Waals surface area contributed by atoms with Crippen LogP contribution in [-0.4, -0.2) is 11.5 Å². The summed E-state index contributed by atoms with van der Waals surface area (Å²) < 4.78 is 0. The molecule has 1 N–H and O–H groups in total. The predicted octanol–water partition coefficient (Wildman–Crippen LogP) is 4.29. The van der Waals surface area contributed by atoms with E-state index in [9.17, 15) is 0 Å². The smallest absolute Gasteiger partial charge is 0.131 e. The zero-order valence-corrected chi connectivity index (χ0v) is 12.7. The lowest BCUT2D eigenvalue weighted by atomic mass is 9.80. The van der Waals surface area contributed by atoms with Gasteiger partial charge in [0.25, 0.3) is 0 Å². The second-order valence-corrected chi connectivity index (χ2v) is 6.29. The molecule has 1 aromatic heterocycles. The van der Waals surface area contributed by atoms with Crippen molar-refractivity contribution in [1.29, 1.82) is 5.26 Å². The molecular formula is C18H14ClN3. The van der Waals surface area contributed by atoms with Gasteiger partial charge in [0.2, 0.25) is 0 Å². The van der Waals surface area contributed by atoms with E-state index in [1.54, 1.807) is 12.3 Å². The zero-order chi connectivity index (χ0) is 15.2. The Hall–Kier alpha value is -2.31. The minimum Gasteiger partial charge on any atom is -0.369 e. The maximum absolute atomic E-state index is 9.08. The summed E-state index contributed by atoms with van der Waals surface area (Å²) in [6.45, 7) is 0.879. The van der Waals surface area contributed by atoms with E-state index < -0.39 is 0 Å². The predicted molar refractivity (Wildman–Crippen MR) is 87.9 cm³/mol. The van der Waals surface area contributed by atoms with E-state index >= 15 is 0 Å². The van der Waals surface area contributed by atoms with Gasteiger partial charge in [-0.15, -0.1) is 0 Å². The lowest BCUT2D eigenvalue weighted by molar-refractivity contribution is 0.509. The minimum atomic E-state index is 0.0439. The van der Waals surface area contributed by atoms with Crippen molar-refractivity contribution >= 4 is 17.4 Å². The van der Waals surface area contributed by atoms with Crippen molar-refractivity contribution in [2.75, 3.05) is 11.9 Å². The molecule has 0 saturated carbocycles. The Morgan fingerprint density at radius 2 is 2.09 bits per heavy atom. The summed E-state index contributed by atoms with van der Waals surface area (Å²) in [7, 11) is 0. The summed E-state index contributed by atoms with van der Waals surface area (Å²) in [6, 6.07) is 9.67. The summed E-state index contributed by atoms with van der Waals surface area (Å²) in [4.78, 5) is 4.56. The van der Waals surface area contributed by atoms with Crippen LogP contribution in [0.25, 0.3) is 11.1 Å². The molecule has 0 fully saturated rings. The topological polar surface area (TPSA) is 48.7 Å². The Morgan fingerprint density at radius 3 is 2.86 bits per heavy atom. The van der Waals surface area contributed by atoms with Crippen molar-refractivity contribution in [3.63, 3.8) is 0 Å². The number of fused-ring (bicyclic) bond motifs is 2. The van der Waals surface area contributed by atoms with Gasteiger partial charge in [0.05, 0.1) is 16.7 Å². The number of allylic oxidation sites excluding steroid dienone is 2. The molecule has 0 radical (unpaired) electrons. The Bertz CT molecular complexity index is 825. The molecule has 1 spiro atoms. The van der Waals surface area contributed by atoms with Gasteiger partial charge in [-0.05, 0) is 30.5 Å². The number of nitrogens with one attached hydrogen (secondary N) is 1. The molecule has 1 aliphatic carbocycles. The first-order valence-electron chi connectivity index (χ1n) is 7.32. The summed E-state index contributed by atoms with van der Waals surface area (Å²) in [5.74, 6) is 0.897. The van der Waals surface area contributed by atoms with E-state index in [2.05, 4.69) is 28.5 Å². The van der Waals surface area contributed by atoms with Gasteiger partial charge in [-0.25, -0.2) is 4.98 Å². The molecule has 0 amide bonds. The van der Waals surface area contributed by atoms with Crippen molar-refractivity contribution in [1.82, 2.24) is 4.98 Å². The van der Waals surface area contributed by atoms with Crippen molar-refractivity contribution < 1.29 is 0 Å². The fourth-order valence-electron chi connectivity index (χ4n) is 3.46. The normalized spacial score (nSPS) is 17.3. The van der Waals surface area contributed by atoms with Crippen LogP contribution in [0.4, 0.5) is 5.82 Å². The van der Waals surface area contributed by atoms with Crippen molar-refractivity contribution in [2.45, 2.75) is 18.3 Å². The molecular weight excluding hydrogens is 294 g/mol. The van der Waals surface area contributed by atoms with E-state index in [-0.39, 0.29) is 5.41 Å². The van der Waals surface area contributed by atoms with Crippen LogP contribution in [0.1, 0.15) is 24.0 Å². The SMILES string of the molecule is N#Cc1cccc(-c2cnc3c(c2Cl)C2(CC=CC2)CN3)c1. The van der Waals surface area contributed by atoms with Crippen LogP contribution in [-0.2, 0) is 5.41 Å². The quantitative estimate of drug-likeness (QED) is 0.800. The summed E-state index contributed by atoms with van der Waals surface area (Å²) in [5.41, 5.74) is 3.63. The number of hydrogen-bond acceptors (Lipinski definition) is 3. The standard InChI is InChI=1S/C18H14ClN3/c19-16-14(13-5-3-4-12(8-13)9-20)10-21-17-15(16)18(11-22-17)6-1-2-7-18/h1-5,8,10H,6-7,11H2,(H,21,22). The van der Waals surface area contributed by atoms with E-state index in [1.165, 1.54) is 0 Å². The van der Waals surface area contributed by atoms with Crippen molar-refractivity contribution in [2.24, 2.45) is 0 Å². The molecule has 0 unspecified atom stereocenters. The molecule has 1 aromatic carbocycles. The van der Waals surface area contributed by atoms with E-state index in [1.807, 2.05) is 18.2 Å². The maximum atomic E-state index is 9.08. The number of pyridine rings is 1. The fraction of sp³-hybridized carbons (Fsp3) is 0.222. The van der Waals surface area contributed by atoms with Crippen LogP contribution < -0.4 is 5.32 Å². The molecule has 22 heavy (non-hydrogen) atoms. The molecule has 3 nitrogen and oxygen atoms in total. The third-order valence-electron chi connectivity index (χ3n) is 4.63. The molecule has 2 aromatic rings. The van der Waals surface area contributed by atoms with Gasteiger partial charge in [-0.3, -0.25) is 0 Å². The lowest BCUT2D eigenvalue weighted by Crippen LogP contribution is -2.25. The number of halogens is 1. The molecule has 2 aliphatic rings. The van der Waals surface area contributed by atoms with E-state index in [0.717, 1.165) is 46.9 Å². The number of benzene rings is 1. The molecule has 2 heterocycles. The maximum Gasteiger partial charge on any atom is 0.131 e. The first-order chi connectivity index (χ1) is 10.7. The summed E-state index contributed by atoms with van der Waals surface area (Å²) in [5, 5.41) is 13.2.